The van der Waals surface area contributed by atoms with E-state index in [4.69, 9.17) is 4.74 Å². The Morgan fingerprint density at radius 1 is 0.606 bits per heavy atom. The van der Waals surface area contributed by atoms with Gasteiger partial charge in [-0.2, -0.15) is 26.3 Å². The topological polar surface area (TPSA) is 77.5 Å². The molecule has 5 nitrogen and oxygen atoms in total. The Labute approximate surface area is 184 Å². The van der Waals surface area contributed by atoms with Crippen LogP contribution in [0.15, 0.2) is 82.6 Å². The molecule has 0 aliphatic carbocycles. The van der Waals surface area contributed by atoms with E-state index in [-0.39, 0.29) is 22.6 Å². The van der Waals surface area contributed by atoms with Gasteiger partial charge in [0.15, 0.2) is 4.24 Å². The molecular formula is C20H12F6O5S2. The van der Waals surface area contributed by atoms with E-state index in [0.717, 1.165) is 0 Å². The van der Waals surface area contributed by atoms with Gasteiger partial charge in [0.05, 0.1) is 0 Å². The van der Waals surface area contributed by atoms with Crippen LogP contribution in [0.3, 0.4) is 0 Å². The second-order valence-electron chi connectivity index (χ2n) is 6.49. The van der Waals surface area contributed by atoms with Crippen LogP contribution in [0.2, 0.25) is 0 Å². The Morgan fingerprint density at radius 3 is 1.24 bits per heavy atom. The zero-order valence-corrected chi connectivity index (χ0v) is 17.7. The molecule has 0 spiro atoms. The lowest BCUT2D eigenvalue weighted by Gasteiger charge is -2.22. The second-order valence-corrected chi connectivity index (χ2v) is 10.5. The third-order valence-electron chi connectivity index (χ3n) is 4.24. The minimum absolute atomic E-state index is 0.143. The lowest BCUT2D eigenvalue weighted by molar-refractivity contribution is -0.0444. The largest absolute Gasteiger partial charge is 0.502 e. The van der Waals surface area contributed by atoms with E-state index in [1.807, 2.05) is 0 Å². The van der Waals surface area contributed by atoms with E-state index >= 15 is 0 Å². The van der Waals surface area contributed by atoms with Crippen molar-refractivity contribution in [3.63, 3.8) is 0 Å². The van der Waals surface area contributed by atoms with Gasteiger partial charge in [-0.25, -0.2) is 16.8 Å². The summed E-state index contributed by atoms with van der Waals surface area (Å²) in [6.45, 7) is 0. The van der Waals surface area contributed by atoms with Crippen LogP contribution in [0.25, 0.3) is 11.5 Å². The van der Waals surface area contributed by atoms with Crippen molar-refractivity contribution in [1.29, 1.82) is 0 Å². The Balaban J connectivity index is 2.46. The molecule has 2 aromatic rings. The summed E-state index contributed by atoms with van der Waals surface area (Å²) in [6, 6.07) is 14.6. The summed E-state index contributed by atoms with van der Waals surface area (Å²) in [5.74, 6) is -0.724. The fraction of sp³-hybridized carbons (Fsp3) is 0.100. The van der Waals surface area contributed by atoms with Gasteiger partial charge in [0.1, 0.15) is 11.5 Å². The quantitative estimate of drug-likeness (QED) is 0.530. The zero-order valence-electron chi connectivity index (χ0n) is 16.1. The Morgan fingerprint density at radius 2 is 0.939 bits per heavy atom. The van der Waals surface area contributed by atoms with Gasteiger partial charge >= 0.3 is 11.0 Å². The maximum Gasteiger partial charge on any atom is 0.502 e. The Bertz CT molecular complexity index is 1250. The van der Waals surface area contributed by atoms with E-state index in [0.29, 0.717) is 12.2 Å². The number of alkyl halides is 6. The molecule has 13 heteroatoms. The first-order chi connectivity index (χ1) is 15.2. The summed E-state index contributed by atoms with van der Waals surface area (Å²) in [7, 11) is -13.9. The Kier molecular flexibility index (Phi) is 6.24. The van der Waals surface area contributed by atoms with Crippen LogP contribution in [0.4, 0.5) is 26.3 Å². The lowest BCUT2D eigenvalue weighted by Crippen LogP contribution is -2.35. The van der Waals surface area contributed by atoms with Crippen molar-refractivity contribution in [2.75, 3.05) is 0 Å². The average molecular weight is 510 g/mol. The maximum absolute atomic E-state index is 13.3. The molecule has 0 N–H and O–H groups in total. The number of sulfone groups is 2. The lowest BCUT2D eigenvalue weighted by atomic mass is 10.1. The molecule has 0 saturated carbocycles. The van der Waals surface area contributed by atoms with Gasteiger partial charge in [-0.3, -0.25) is 0 Å². The summed E-state index contributed by atoms with van der Waals surface area (Å²) in [6.07, 6.45) is 1.01. The number of hydrogen-bond donors (Lipinski definition) is 0. The number of rotatable bonds is 4. The normalized spacial score (nSPS) is 15.4. The highest BCUT2D eigenvalue weighted by Crippen LogP contribution is 2.43. The highest BCUT2D eigenvalue weighted by atomic mass is 32.3. The molecule has 0 bridgehead atoms. The zero-order chi connectivity index (χ0) is 24.7. The molecule has 0 saturated heterocycles. The van der Waals surface area contributed by atoms with E-state index < -0.39 is 40.5 Å². The first-order valence-corrected chi connectivity index (χ1v) is 11.7. The minimum atomic E-state index is -6.96. The molecular weight excluding hydrogens is 498 g/mol. The van der Waals surface area contributed by atoms with Crippen molar-refractivity contribution in [2.24, 2.45) is 0 Å². The summed E-state index contributed by atoms with van der Waals surface area (Å²) in [5, 5.41) is 0. The number of hydrogen-bond acceptors (Lipinski definition) is 5. The molecule has 3 rings (SSSR count). The number of halogens is 6. The van der Waals surface area contributed by atoms with Gasteiger partial charge in [-0.1, -0.05) is 60.7 Å². The number of allylic oxidation sites excluding steroid dienone is 3. The SMILES string of the molecule is O=S(=O)(C(=C1C=C(c2ccccc2)OC(c2ccccc2)=C1)S(=O)(=O)C(F)(F)F)C(F)(F)F. The molecule has 0 fully saturated rings. The molecule has 0 aromatic heterocycles. The standard InChI is InChI=1S/C20H12F6O5S2/c21-19(22,23)32(27,28)18(33(29,30)20(24,25)26)15-11-16(13-7-3-1-4-8-13)31-17(12-15)14-9-5-2-6-10-14/h1-12H. The molecule has 0 radical (unpaired) electrons. The van der Waals surface area contributed by atoms with Crippen LogP contribution in [0.5, 0.6) is 0 Å². The van der Waals surface area contributed by atoms with Crippen LogP contribution >= 0.6 is 0 Å². The third kappa shape index (κ3) is 4.69. The van der Waals surface area contributed by atoms with Crippen molar-refractivity contribution in [3.8, 4) is 0 Å². The van der Waals surface area contributed by atoms with Crippen molar-refractivity contribution < 1.29 is 47.9 Å². The highest BCUT2D eigenvalue weighted by molar-refractivity contribution is 8.15. The number of ether oxygens (including phenoxy) is 1. The van der Waals surface area contributed by atoms with E-state index in [9.17, 15) is 43.2 Å². The van der Waals surface area contributed by atoms with Gasteiger partial charge in [-0.15, -0.1) is 0 Å². The predicted molar refractivity (Wildman–Crippen MR) is 107 cm³/mol. The predicted octanol–water partition coefficient (Wildman–Crippen LogP) is 5.18. The molecule has 176 valence electrons. The van der Waals surface area contributed by atoms with Gasteiger partial charge in [0, 0.05) is 16.7 Å². The monoisotopic (exact) mass is 510 g/mol. The van der Waals surface area contributed by atoms with Gasteiger partial charge < -0.3 is 4.74 Å². The second kappa shape index (κ2) is 8.37. The molecule has 2 aromatic carbocycles. The smallest absolute Gasteiger partial charge is 0.456 e. The molecule has 33 heavy (non-hydrogen) atoms. The molecule has 0 unspecified atom stereocenters. The average Bonchev–Trinajstić information content (AvgIpc) is 2.73. The Hall–Kier alpha value is -3.06. The van der Waals surface area contributed by atoms with Crippen LogP contribution in [-0.4, -0.2) is 27.9 Å². The van der Waals surface area contributed by atoms with E-state index in [2.05, 4.69) is 0 Å². The van der Waals surface area contributed by atoms with Crippen molar-refractivity contribution in [1.82, 2.24) is 0 Å². The fourth-order valence-electron chi connectivity index (χ4n) is 2.77. The van der Waals surface area contributed by atoms with Crippen LogP contribution < -0.4 is 0 Å². The molecule has 1 aliphatic rings. The van der Waals surface area contributed by atoms with Crippen molar-refractivity contribution in [3.05, 3.63) is 93.8 Å². The molecule has 1 heterocycles. The van der Waals surface area contributed by atoms with Crippen molar-refractivity contribution >= 4 is 31.2 Å². The number of benzene rings is 2. The third-order valence-corrected chi connectivity index (χ3v) is 8.23. The molecule has 1 aliphatic heterocycles. The summed E-state index contributed by atoms with van der Waals surface area (Å²) < 4.78 is 131. The van der Waals surface area contributed by atoms with Gasteiger partial charge in [0.2, 0.25) is 0 Å². The highest BCUT2D eigenvalue weighted by Gasteiger charge is 2.60. The van der Waals surface area contributed by atoms with Crippen LogP contribution in [0, 0.1) is 0 Å². The van der Waals surface area contributed by atoms with Gasteiger partial charge in [-0.05, 0) is 12.2 Å². The summed E-state index contributed by atoms with van der Waals surface area (Å²) in [5.41, 5.74) is -13.7. The molecule has 0 atom stereocenters. The van der Waals surface area contributed by atoms with Crippen LogP contribution in [0.1, 0.15) is 11.1 Å². The van der Waals surface area contributed by atoms with Gasteiger partial charge in [0.25, 0.3) is 19.7 Å². The van der Waals surface area contributed by atoms with Crippen molar-refractivity contribution in [2.45, 2.75) is 11.0 Å². The van der Waals surface area contributed by atoms with Crippen LogP contribution in [-0.2, 0) is 24.4 Å². The first-order valence-electron chi connectivity index (χ1n) is 8.75. The summed E-state index contributed by atoms with van der Waals surface area (Å²) in [4.78, 5) is 0. The minimum Gasteiger partial charge on any atom is -0.456 e. The first kappa shape index (κ1) is 24.6. The summed E-state index contributed by atoms with van der Waals surface area (Å²) >= 11 is 0. The molecule has 0 amide bonds. The van der Waals surface area contributed by atoms with E-state index in [1.165, 1.54) is 48.5 Å². The fourth-order valence-corrected chi connectivity index (χ4v) is 5.77. The van der Waals surface area contributed by atoms with E-state index in [1.54, 1.807) is 12.1 Å². The maximum atomic E-state index is 13.3.